The van der Waals surface area contributed by atoms with Crippen LogP contribution < -0.4 is 10.6 Å². The lowest BCUT2D eigenvalue weighted by molar-refractivity contribution is -0.154. The third kappa shape index (κ3) is 2.97. The number of hydrogen-bond acceptors (Lipinski definition) is 7. The summed E-state index contributed by atoms with van der Waals surface area (Å²) in [7, 11) is 1.31. The van der Waals surface area contributed by atoms with Crippen molar-refractivity contribution in [2.75, 3.05) is 31.7 Å². The van der Waals surface area contributed by atoms with Crippen LogP contribution in [0, 0.1) is 0 Å². The number of esters is 1. The quantitative estimate of drug-likeness (QED) is 0.696. The van der Waals surface area contributed by atoms with Gasteiger partial charge >= 0.3 is 5.97 Å². The number of methoxy groups -OCH3 is 1. The molecular weight excluding hydrogens is 252 g/mol. The average Bonchev–Trinajstić information content (AvgIpc) is 2.46. The van der Waals surface area contributed by atoms with Gasteiger partial charge in [-0.2, -0.15) is 0 Å². The fraction of sp³-hybridized carbons (Fsp3) is 0.455. The van der Waals surface area contributed by atoms with Crippen molar-refractivity contribution in [2.45, 2.75) is 6.10 Å². The number of nitrogens with two attached hydrogens (primary N) is 1. The molecule has 2 rings (SSSR count). The van der Waals surface area contributed by atoms with Gasteiger partial charge in [0.25, 0.3) is 5.91 Å². The van der Waals surface area contributed by atoms with Gasteiger partial charge in [-0.05, 0) is 12.1 Å². The number of amides is 1. The fourth-order valence-electron chi connectivity index (χ4n) is 1.76. The number of anilines is 1. The van der Waals surface area contributed by atoms with E-state index in [1.54, 1.807) is 6.07 Å². The number of primary amides is 1. The third-order valence-corrected chi connectivity index (χ3v) is 2.76. The highest BCUT2D eigenvalue weighted by Gasteiger charge is 2.28. The highest BCUT2D eigenvalue weighted by Crippen LogP contribution is 2.15. The molecule has 1 amide bonds. The van der Waals surface area contributed by atoms with Crippen LogP contribution in [0.1, 0.15) is 10.5 Å². The number of ether oxygens (including phenoxy) is 2. The van der Waals surface area contributed by atoms with E-state index < -0.39 is 18.0 Å². The van der Waals surface area contributed by atoms with E-state index in [2.05, 4.69) is 14.9 Å². The predicted octanol–water partition coefficient (Wildman–Crippen LogP) is -1.05. The van der Waals surface area contributed by atoms with E-state index in [0.29, 0.717) is 25.5 Å². The molecule has 0 aliphatic carbocycles. The smallest absolute Gasteiger partial charge is 0.336 e. The summed E-state index contributed by atoms with van der Waals surface area (Å²) in [6.07, 6.45) is -0.642. The molecule has 1 aromatic heterocycles. The van der Waals surface area contributed by atoms with Gasteiger partial charge in [0.05, 0.1) is 20.3 Å². The summed E-state index contributed by atoms with van der Waals surface area (Å²) < 4.78 is 9.94. The molecule has 1 unspecified atom stereocenters. The first-order valence-corrected chi connectivity index (χ1v) is 5.69. The van der Waals surface area contributed by atoms with Crippen molar-refractivity contribution in [3.63, 3.8) is 0 Å². The first-order chi connectivity index (χ1) is 9.11. The number of morpholine rings is 1. The molecule has 0 aromatic carbocycles. The van der Waals surface area contributed by atoms with E-state index >= 15 is 0 Å². The second kappa shape index (κ2) is 5.61. The van der Waals surface area contributed by atoms with Gasteiger partial charge in [0, 0.05) is 6.54 Å². The molecule has 1 atom stereocenters. The molecule has 1 saturated heterocycles. The van der Waals surface area contributed by atoms with E-state index in [0.717, 1.165) is 0 Å². The molecule has 0 spiro atoms. The van der Waals surface area contributed by atoms with Crippen molar-refractivity contribution in [1.82, 2.24) is 10.2 Å². The molecule has 8 heteroatoms. The maximum atomic E-state index is 11.4. The number of carbonyl (C=O) groups is 2. The van der Waals surface area contributed by atoms with Crippen molar-refractivity contribution in [3.8, 4) is 0 Å². The minimum absolute atomic E-state index is 0.0986. The summed E-state index contributed by atoms with van der Waals surface area (Å²) in [6, 6.07) is 3.13. The fourth-order valence-corrected chi connectivity index (χ4v) is 1.76. The van der Waals surface area contributed by atoms with Crippen LogP contribution in [0.5, 0.6) is 0 Å². The molecule has 102 valence electrons. The van der Waals surface area contributed by atoms with E-state index in [1.807, 2.05) is 4.90 Å². The van der Waals surface area contributed by atoms with Crippen molar-refractivity contribution in [1.29, 1.82) is 0 Å². The third-order valence-electron chi connectivity index (χ3n) is 2.76. The average molecular weight is 266 g/mol. The monoisotopic (exact) mass is 266 g/mol. The lowest BCUT2D eigenvalue weighted by atomic mass is 10.2. The van der Waals surface area contributed by atoms with Gasteiger partial charge in [-0.3, -0.25) is 4.79 Å². The number of nitrogens with zero attached hydrogens (tertiary/aromatic N) is 3. The summed E-state index contributed by atoms with van der Waals surface area (Å²) in [5.74, 6) is -0.498. The normalized spacial score (nSPS) is 19.0. The molecule has 0 saturated carbocycles. The molecule has 1 aromatic rings. The van der Waals surface area contributed by atoms with Crippen LogP contribution in [-0.4, -0.2) is 55.0 Å². The van der Waals surface area contributed by atoms with Gasteiger partial charge < -0.3 is 20.1 Å². The largest absolute Gasteiger partial charge is 0.467 e. The van der Waals surface area contributed by atoms with Crippen molar-refractivity contribution in [3.05, 3.63) is 17.8 Å². The molecular formula is C11H14N4O4. The van der Waals surface area contributed by atoms with Crippen LogP contribution in [0.25, 0.3) is 0 Å². The summed E-state index contributed by atoms with van der Waals surface area (Å²) in [5.41, 5.74) is 5.18. The van der Waals surface area contributed by atoms with Crippen LogP contribution in [0.3, 0.4) is 0 Å². The van der Waals surface area contributed by atoms with E-state index in [4.69, 9.17) is 10.5 Å². The summed E-state index contributed by atoms with van der Waals surface area (Å²) >= 11 is 0. The highest BCUT2D eigenvalue weighted by molar-refractivity contribution is 5.90. The highest BCUT2D eigenvalue weighted by atomic mass is 16.6. The molecule has 19 heavy (non-hydrogen) atoms. The van der Waals surface area contributed by atoms with E-state index in [1.165, 1.54) is 13.2 Å². The summed E-state index contributed by atoms with van der Waals surface area (Å²) in [6.45, 7) is 1.30. The van der Waals surface area contributed by atoms with Gasteiger partial charge in [0.2, 0.25) is 0 Å². The van der Waals surface area contributed by atoms with Crippen molar-refractivity contribution >= 4 is 17.7 Å². The molecule has 1 aliphatic rings. The Bertz CT molecular complexity index is 476. The minimum atomic E-state index is -0.642. The molecule has 8 nitrogen and oxygen atoms in total. The molecule has 1 aliphatic heterocycles. The van der Waals surface area contributed by atoms with E-state index in [-0.39, 0.29) is 5.69 Å². The maximum absolute atomic E-state index is 11.4. The number of aromatic nitrogens is 2. The first-order valence-electron chi connectivity index (χ1n) is 5.69. The molecule has 1 fully saturated rings. The zero-order chi connectivity index (χ0) is 13.8. The van der Waals surface area contributed by atoms with Crippen LogP contribution in [0.2, 0.25) is 0 Å². The topological polar surface area (TPSA) is 108 Å². The van der Waals surface area contributed by atoms with Gasteiger partial charge in [-0.1, -0.05) is 0 Å². The molecule has 2 N–H and O–H groups in total. The van der Waals surface area contributed by atoms with E-state index in [9.17, 15) is 9.59 Å². The summed E-state index contributed by atoms with van der Waals surface area (Å²) in [4.78, 5) is 24.1. The van der Waals surface area contributed by atoms with Crippen LogP contribution in [0.4, 0.5) is 5.82 Å². The SMILES string of the molecule is COC(=O)C1CN(c2ccc(C(N)=O)nn2)CCO1. The zero-order valence-electron chi connectivity index (χ0n) is 10.4. The number of rotatable bonds is 3. The predicted molar refractivity (Wildman–Crippen MR) is 64.5 cm³/mol. The first kappa shape index (κ1) is 13.2. The van der Waals surface area contributed by atoms with Gasteiger partial charge in [-0.25, -0.2) is 4.79 Å². The van der Waals surface area contributed by atoms with Gasteiger partial charge in [0.15, 0.2) is 17.6 Å². The van der Waals surface area contributed by atoms with Crippen LogP contribution in [0.15, 0.2) is 12.1 Å². The lowest BCUT2D eigenvalue weighted by Gasteiger charge is -2.31. The van der Waals surface area contributed by atoms with Gasteiger partial charge in [-0.15, -0.1) is 10.2 Å². The van der Waals surface area contributed by atoms with Crippen molar-refractivity contribution in [2.24, 2.45) is 5.73 Å². The van der Waals surface area contributed by atoms with Crippen LogP contribution >= 0.6 is 0 Å². The Labute approximate surface area is 109 Å². The Morgan fingerprint density at radius 2 is 2.26 bits per heavy atom. The number of carbonyl (C=O) groups excluding carboxylic acids is 2. The summed E-state index contributed by atoms with van der Waals surface area (Å²) in [5, 5.41) is 7.63. The standard InChI is InChI=1S/C11H14N4O4/c1-18-11(17)8-6-15(4-5-19-8)9-3-2-7(10(12)16)13-14-9/h2-3,8H,4-6H2,1H3,(H2,12,16). The Kier molecular flexibility index (Phi) is 3.91. The maximum Gasteiger partial charge on any atom is 0.336 e. The Balaban J connectivity index is 2.08. The number of hydrogen-bond donors (Lipinski definition) is 1. The molecule has 0 bridgehead atoms. The lowest BCUT2D eigenvalue weighted by Crippen LogP contribution is -2.47. The Hall–Kier alpha value is -2.22. The Morgan fingerprint density at radius 3 is 2.84 bits per heavy atom. The second-order valence-electron chi connectivity index (χ2n) is 3.97. The van der Waals surface area contributed by atoms with Crippen molar-refractivity contribution < 1.29 is 19.1 Å². The van der Waals surface area contributed by atoms with Crippen LogP contribution in [-0.2, 0) is 14.3 Å². The molecule has 0 radical (unpaired) electrons. The Morgan fingerprint density at radius 1 is 1.47 bits per heavy atom. The van der Waals surface area contributed by atoms with Gasteiger partial charge in [0.1, 0.15) is 0 Å². The molecule has 2 heterocycles. The second-order valence-corrected chi connectivity index (χ2v) is 3.97. The zero-order valence-corrected chi connectivity index (χ0v) is 10.4. The minimum Gasteiger partial charge on any atom is -0.467 e.